The number of thioether (sulfide) groups is 1. The Labute approximate surface area is 166 Å². The number of halogens is 1. The maximum atomic E-state index is 5.33. The largest absolute Gasteiger partial charge is 0.357 e. The Morgan fingerprint density at radius 3 is 2.75 bits per heavy atom. The molecule has 0 spiro atoms. The molecule has 1 aromatic rings. The van der Waals surface area contributed by atoms with Crippen LogP contribution in [0.5, 0.6) is 0 Å². The Hall–Kier alpha value is -0.510. The lowest BCUT2D eigenvalue weighted by Gasteiger charge is -2.34. The van der Waals surface area contributed by atoms with E-state index in [2.05, 4.69) is 66.7 Å². The summed E-state index contributed by atoms with van der Waals surface area (Å²) in [6.45, 7) is 13.9. The first-order chi connectivity index (χ1) is 10.9. The monoisotopic (exact) mass is 467 g/mol. The summed E-state index contributed by atoms with van der Waals surface area (Å²) in [5, 5.41) is 8.12. The van der Waals surface area contributed by atoms with Gasteiger partial charge >= 0.3 is 0 Å². The van der Waals surface area contributed by atoms with E-state index in [-0.39, 0.29) is 29.4 Å². The fourth-order valence-electron chi connectivity index (χ4n) is 2.35. The van der Waals surface area contributed by atoms with Gasteiger partial charge in [0, 0.05) is 36.1 Å². The first-order valence-electron chi connectivity index (χ1n) is 8.42. The average molecular weight is 467 g/mol. The summed E-state index contributed by atoms with van der Waals surface area (Å²) in [6.07, 6.45) is 1.19. The fourth-order valence-corrected chi connectivity index (χ4v) is 3.53. The van der Waals surface area contributed by atoms with Crippen LogP contribution in [0.15, 0.2) is 9.52 Å². The van der Waals surface area contributed by atoms with Crippen LogP contribution in [0.1, 0.15) is 52.8 Å². The molecule has 0 bridgehead atoms. The summed E-state index contributed by atoms with van der Waals surface area (Å²) in [5.41, 5.74) is -0.127. The molecule has 1 saturated heterocycles. The van der Waals surface area contributed by atoms with Crippen molar-refractivity contribution in [2.24, 2.45) is 4.99 Å². The van der Waals surface area contributed by atoms with Gasteiger partial charge in [0.15, 0.2) is 11.8 Å². The van der Waals surface area contributed by atoms with Crippen molar-refractivity contribution in [1.82, 2.24) is 20.4 Å². The summed E-state index contributed by atoms with van der Waals surface area (Å²) in [5.74, 6) is 3.41. The summed E-state index contributed by atoms with van der Waals surface area (Å²) >= 11 is 2.06. The first kappa shape index (κ1) is 21.5. The molecular weight excluding hydrogens is 437 g/mol. The lowest BCUT2D eigenvalue weighted by molar-refractivity contribution is 0.318. The van der Waals surface area contributed by atoms with Gasteiger partial charge in [-0.25, -0.2) is 4.99 Å². The molecule has 138 valence electrons. The summed E-state index contributed by atoms with van der Waals surface area (Å²) < 4.78 is 5.33. The van der Waals surface area contributed by atoms with Gasteiger partial charge in [0.25, 0.3) is 0 Å². The third-order valence-electron chi connectivity index (χ3n) is 3.71. The molecule has 24 heavy (non-hydrogen) atoms. The van der Waals surface area contributed by atoms with Gasteiger partial charge in [0.1, 0.15) is 6.54 Å². The number of nitrogens with zero attached hydrogens (tertiary/aromatic N) is 4. The molecule has 0 aliphatic carbocycles. The van der Waals surface area contributed by atoms with E-state index in [1.54, 1.807) is 0 Å². The van der Waals surface area contributed by atoms with Crippen molar-refractivity contribution in [3.8, 4) is 0 Å². The zero-order chi connectivity index (χ0) is 16.9. The van der Waals surface area contributed by atoms with Crippen molar-refractivity contribution >= 4 is 41.7 Å². The zero-order valence-corrected chi connectivity index (χ0v) is 18.5. The Morgan fingerprint density at radius 2 is 2.17 bits per heavy atom. The van der Waals surface area contributed by atoms with E-state index >= 15 is 0 Å². The minimum atomic E-state index is -0.127. The average Bonchev–Trinajstić information content (AvgIpc) is 3.00. The van der Waals surface area contributed by atoms with Crippen molar-refractivity contribution in [2.75, 3.05) is 25.4 Å². The maximum Gasteiger partial charge on any atom is 0.232 e. The molecule has 1 atom stereocenters. The van der Waals surface area contributed by atoms with Gasteiger partial charge in [-0.15, -0.1) is 24.0 Å². The van der Waals surface area contributed by atoms with Gasteiger partial charge in [-0.3, -0.25) is 0 Å². The molecule has 1 aliphatic heterocycles. The summed E-state index contributed by atoms with van der Waals surface area (Å²) in [4.78, 5) is 11.5. The van der Waals surface area contributed by atoms with E-state index in [4.69, 9.17) is 9.52 Å². The van der Waals surface area contributed by atoms with Gasteiger partial charge in [-0.05, 0) is 13.3 Å². The molecule has 2 heterocycles. The molecule has 8 heteroatoms. The molecular formula is C16H30IN5OS. The molecule has 1 unspecified atom stereocenters. The molecule has 1 aromatic heterocycles. The number of aliphatic imine (C=N–C) groups is 1. The fraction of sp³-hybridized carbons (Fsp3) is 0.812. The highest BCUT2D eigenvalue weighted by molar-refractivity contribution is 14.0. The quantitative estimate of drug-likeness (QED) is 0.417. The van der Waals surface area contributed by atoms with Gasteiger partial charge in [-0.1, -0.05) is 32.9 Å². The topological polar surface area (TPSA) is 66.5 Å². The predicted octanol–water partition coefficient (Wildman–Crippen LogP) is 3.28. The second-order valence-electron chi connectivity index (χ2n) is 6.78. The predicted molar refractivity (Wildman–Crippen MR) is 111 cm³/mol. The van der Waals surface area contributed by atoms with Crippen LogP contribution in [0, 0.1) is 0 Å². The summed E-state index contributed by atoms with van der Waals surface area (Å²) in [7, 11) is 0. The van der Waals surface area contributed by atoms with Crippen LogP contribution in [0.4, 0.5) is 0 Å². The van der Waals surface area contributed by atoms with Crippen LogP contribution in [-0.4, -0.2) is 51.6 Å². The minimum Gasteiger partial charge on any atom is -0.357 e. The van der Waals surface area contributed by atoms with Crippen molar-refractivity contribution < 1.29 is 4.52 Å². The van der Waals surface area contributed by atoms with Crippen molar-refractivity contribution in [3.63, 3.8) is 0 Å². The number of aromatic nitrogens is 2. The number of guanidine groups is 1. The van der Waals surface area contributed by atoms with Gasteiger partial charge in [-0.2, -0.15) is 16.7 Å². The maximum absolute atomic E-state index is 5.33. The molecule has 1 aliphatic rings. The SMILES string of the molecule is CCNC(=NCc1noc(C(C)(C)C)n1)N1CCSC(CC)C1.I. The molecule has 1 fully saturated rings. The van der Waals surface area contributed by atoms with E-state index in [1.807, 2.05) is 0 Å². The van der Waals surface area contributed by atoms with Crippen LogP contribution < -0.4 is 5.32 Å². The Balaban J connectivity index is 0.00000288. The number of nitrogens with one attached hydrogen (secondary N) is 1. The standard InChI is InChI=1S/C16H29N5OS.HI/c1-6-12-11-21(8-9-23-12)15(17-7-2)18-10-13-19-14(22-20-13)16(3,4)5;/h12H,6-11H2,1-5H3,(H,17,18);1H. The molecule has 0 saturated carbocycles. The van der Waals surface area contributed by atoms with E-state index in [0.29, 0.717) is 23.5 Å². The molecule has 0 amide bonds. The van der Waals surface area contributed by atoms with E-state index < -0.39 is 0 Å². The minimum absolute atomic E-state index is 0. The third kappa shape index (κ3) is 6.09. The first-order valence-corrected chi connectivity index (χ1v) is 9.46. The highest BCUT2D eigenvalue weighted by Crippen LogP contribution is 2.22. The van der Waals surface area contributed by atoms with Crippen LogP contribution in [0.25, 0.3) is 0 Å². The Kier molecular flexibility index (Phi) is 8.83. The molecule has 2 rings (SSSR count). The van der Waals surface area contributed by atoms with Crippen LogP contribution in [0.2, 0.25) is 0 Å². The third-order valence-corrected chi connectivity index (χ3v) is 5.08. The lowest BCUT2D eigenvalue weighted by atomic mass is 9.97. The van der Waals surface area contributed by atoms with E-state index in [9.17, 15) is 0 Å². The van der Waals surface area contributed by atoms with Gasteiger partial charge in [0.2, 0.25) is 5.89 Å². The second kappa shape index (κ2) is 9.84. The summed E-state index contributed by atoms with van der Waals surface area (Å²) in [6, 6.07) is 0. The molecule has 0 radical (unpaired) electrons. The normalized spacial score (nSPS) is 19.1. The van der Waals surface area contributed by atoms with Crippen molar-refractivity contribution in [1.29, 1.82) is 0 Å². The van der Waals surface area contributed by atoms with Gasteiger partial charge in [0.05, 0.1) is 0 Å². The van der Waals surface area contributed by atoms with E-state index in [0.717, 1.165) is 31.3 Å². The number of hydrogen-bond acceptors (Lipinski definition) is 5. The highest BCUT2D eigenvalue weighted by Gasteiger charge is 2.23. The zero-order valence-electron chi connectivity index (χ0n) is 15.3. The second-order valence-corrected chi connectivity index (χ2v) is 8.19. The molecule has 6 nitrogen and oxygen atoms in total. The molecule has 0 aromatic carbocycles. The number of hydrogen-bond donors (Lipinski definition) is 1. The highest BCUT2D eigenvalue weighted by atomic mass is 127. The lowest BCUT2D eigenvalue weighted by Crippen LogP contribution is -2.48. The van der Waals surface area contributed by atoms with Crippen molar-refractivity contribution in [3.05, 3.63) is 11.7 Å². The van der Waals surface area contributed by atoms with Crippen LogP contribution >= 0.6 is 35.7 Å². The Morgan fingerprint density at radius 1 is 1.42 bits per heavy atom. The van der Waals surface area contributed by atoms with Crippen LogP contribution in [0.3, 0.4) is 0 Å². The molecule has 1 N–H and O–H groups in total. The van der Waals surface area contributed by atoms with Crippen LogP contribution in [-0.2, 0) is 12.0 Å². The smallest absolute Gasteiger partial charge is 0.232 e. The van der Waals surface area contributed by atoms with Crippen molar-refractivity contribution in [2.45, 2.75) is 58.2 Å². The number of rotatable bonds is 4. The Bertz CT molecular complexity index is 529. The van der Waals surface area contributed by atoms with E-state index in [1.165, 1.54) is 6.42 Å². The van der Waals surface area contributed by atoms with Gasteiger partial charge < -0.3 is 14.7 Å².